The molecular formula is C23H19F2N7S. The third kappa shape index (κ3) is 2.83. The van der Waals surface area contributed by atoms with Gasteiger partial charge in [0.25, 0.3) is 6.43 Å². The Morgan fingerprint density at radius 3 is 2.88 bits per heavy atom. The quantitative estimate of drug-likeness (QED) is 0.405. The summed E-state index contributed by atoms with van der Waals surface area (Å²) in [6.45, 7) is 0. The number of benzene rings is 1. The number of hydrogen-bond acceptors (Lipinski definition) is 6. The molecule has 1 N–H and O–H groups in total. The van der Waals surface area contributed by atoms with E-state index in [0.717, 1.165) is 40.7 Å². The Morgan fingerprint density at radius 1 is 1.15 bits per heavy atom. The minimum Gasteiger partial charge on any atom is -0.363 e. The molecule has 7 nitrogen and oxygen atoms in total. The SMILES string of the molecule is FC(F)[C@@H]1C[C@@H](c2ccccc2)Nc2c(-c3nc4c5c6c(sc5ncn4n3)CCC6)cnn21. The predicted octanol–water partition coefficient (Wildman–Crippen LogP) is 5.05. The van der Waals surface area contributed by atoms with Crippen molar-refractivity contribution in [3.63, 3.8) is 0 Å². The van der Waals surface area contributed by atoms with Crippen LogP contribution in [0.25, 0.3) is 27.3 Å². The highest BCUT2D eigenvalue weighted by Crippen LogP contribution is 2.42. The van der Waals surface area contributed by atoms with Crippen molar-refractivity contribution in [2.75, 3.05) is 5.32 Å². The predicted molar refractivity (Wildman–Crippen MR) is 122 cm³/mol. The van der Waals surface area contributed by atoms with Crippen LogP contribution in [0.4, 0.5) is 14.6 Å². The van der Waals surface area contributed by atoms with E-state index in [1.54, 1.807) is 28.4 Å². The largest absolute Gasteiger partial charge is 0.363 e. The number of fused-ring (bicyclic) bond motifs is 6. The molecule has 0 fully saturated rings. The van der Waals surface area contributed by atoms with Gasteiger partial charge in [0.15, 0.2) is 11.5 Å². The Balaban J connectivity index is 1.37. The summed E-state index contributed by atoms with van der Waals surface area (Å²) >= 11 is 1.73. The van der Waals surface area contributed by atoms with E-state index in [4.69, 9.17) is 4.98 Å². The summed E-state index contributed by atoms with van der Waals surface area (Å²) in [5, 5.41) is 13.5. The molecule has 1 aliphatic carbocycles. The number of aromatic nitrogens is 6. The van der Waals surface area contributed by atoms with E-state index in [1.807, 2.05) is 30.3 Å². The number of anilines is 1. The van der Waals surface area contributed by atoms with Gasteiger partial charge in [0.05, 0.1) is 23.2 Å². The van der Waals surface area contributed by atoms with Crippen LogP contribution in [0.5, 0.6) is 0 Å². The maximum absolute atomic E-state index is 14.0. The molecule has 4 aromatic heterocycles. The maximum atomic E-state index is 14.0. The minimum absolute atomic E-state index is 0.250. The first-order valence-corrected chi connectivity index (χ1v) is 11.8. The molecule has 0 unspecified atom stereocenters. The summed E-state index contributed by atoms with van der Waals surface area (Å²) in [7, 11) is 0. The highest BCUT2D eigenvalue weighted by Gasteiger charge is 2.36. The second-order valence-electron chi connectivity index (χ2n) is 8.58. The van der Waals surface area contributed by atoms with Crippen LogP contribution in [0.2, 0.25) is 0 Å². The lowest BCUT2D eigenvalue weighted by Gasteiger charge is -2.32. The van der Waals surface area contributed by atoms with Crippen LogP contribution in [-0.4, -0.2) is 35.8 Å². The van der Waals surface area contributed by atoms with Crippen molar-refractivity contribution in [1.29, 1.82) is 0 Å². The average molecular weight is 464 g/mol. The molecule has 1 aromatic carbocycles. The average Bonchev–Trinajstić information content (AvgIpc) is 3.59. The maximum Gasteiger partial charge on any atom is 0.260 e. The van der Waals surface area contributed by atoms with Crippen molar-refractivity contribution in [2.24, 2.45) is 0 Å². The number of hydrogen-bond donors (Lipinski definition) is 1. The summed E-state index contributed by atoms with van der Waals surface area (Å²) in [4.78, 5) is 11.8. The molecule has 5 heterocycles. The van der Waals surface area contributed by atoms with Crippen molar-refractivity contribution >= 4 is 33.0 Å². The van der Waals surface area contributed by atoms with Gasteiger partial charge in [0, 0.05) is 4.88 Å². The number of thiophene rings is 1. The zero-order valence-corrected chi connectivity index (χ0v) is 18.3. The molecule has 0 spiro atoms. The molecule has 0 bridgehead atoms. The lowest BCUT2D eigenvalue weighted by Crippen LogP contribution is -2.31. The van der Waals surface area contributed by atoms with E-state index >= 15 is 0 Å². The van der Waals surface area contributed by atoms with Gasteiger partial charge in [-0.25, -0.2) is 27.9 Å². The summed E-state index contributed by atoms with van der Waals surface area (Å²) in [5.74, 6) is 0.980. The van der Waals surface area contributed by atoms with E-state index in [1.165, 1.54) is 15.1 Å². The molecule has 0 radical (unpaired) electrons. The normalized spacial score (nSPS) is 19.8. The second-order valence-corrected chi connectivity index (χ2v) is 9.67. The Labute approximate surface area is 191 Å². The molecule has 5 aromatic rings. The van der Waals surface area contributed by atoms with Crippen molar-refractivity contribution in [3.05, 3.63) is 58.9 Å². The van der Waals surface area contributed by atoms with Crippen molar-refractivity contribution in [1.82, 2.24) is 29.4 Å². The number of halogens is 2. The van der Waals surface area contributed by atoms with Gasteiger partial charge in [-0.05, 0) is 36.8 Å². The molecule has 1 aliphatic heterocycles. The monoisotopic (exact) mass is 463 g/mol. The number of aryl methyl sites for hydroxylation is 2. The fourth-order valence-electron chi connectivity index (χ4n) is 5.11. The molecule has 0 saturated heterocycles. The molecule has 0 amide bonds. The van der Waals surface area contributed by atoms with E-state index in [0.29, 0.717) is 17.2 Å². The Kier molecular flexibility index (Phi) is 4.08. The van der Waals surface area contributed by atoms with Crippen molar-refractivity contribution in [3.8, 4) is 11.4 Å². The van der Waals surface area contributed by atoms with E-state index in [9.17, 15) is 8.78 Å². The smallest absolute Gasteiger partial charge is 0.260 e. The van der Waals surface area contributed by atoms with Gasteiger partial charge < -0.3 is 5.32 Å². The van der Waals surface area contributed by atoms with Crippen molar-refractivity contribution in [2.45, 2.75) is 44.2 Å². The van der Waals surface area contributed by atoms with Gasteiger partial charge in [0.2, 0.25) is 0 Å². The molecule has 33 heavy (non-hydrogen) atoms. The summed E-state index contributed by atoms with van der Waals surface area (Å²) in [5.41, 5.74) is 3.66. The van der Waals surface area contributed by atoms with Crippen LogP contribution in [0, 0.1) is 0 Å². The topological polar surface area (TPSA) is 72.9 Å². The van der Waals surface area contributed by atoms with Crippen LogP contribution >= 0.6 is 11.3 Å². The Morgan fingerprint density at radius 2 is 2.03 bits per heavy atom. The molecule has 0 saturated carbocycles. The zero-order valence-electron chi connectivity index (χ0n) is 17.4. The molecule has 2 aliphatic rings. The Hall–Kier alpha value is -3.40. The van der Waals surface area contributed by atoms with Gasteiger partial charge >= 0.3 is 0 Å². The number of rotatable bonds is 3. The molecule has 10 heteroatoms. The number of nitrogens with one attached hydrogen (secondary N) is 1. The molecule has 7 rings (SSSR count). The first kappa shape index (κ1) is 19.1. The number of nitrogens with zero attached hydrogens (tertiary/aromatic N) is 6. The lowest BCUT2D eigenvalue weighted by molar-refractivity contribution is 0.0659. The summed E-state index contributed by atoms with van der Waals surface area (Å²) in [6.07, 6.45) is 4.24. The van der Waals surface area contributed by atoms with Gasteiger partial charge in [-0.15, -0.1) is 16.4 Å². The van der Waals surface area contributed by atoms with Crippen molar-refractivity contribution < 1.29 is 8.78 Å². The van der Waals surface area contributed by atoms with Crippen LogP contribution < -0.4 is 5.32 Å². The zero-order chi connectivity index (χ0) is 22.1. The third-order valence-electron chi connectivity index (χ3n) is 6.67. The second kappa shape index (κ2) is 7.05. The summed E-state index contributed by atoms with van der Waals surface area (Å²) in [6, 6.07) is 8.39. The van der Waals surface area contributed by atoms with E-state index in [-0.39, 0.29) is 12.5 Å². The first-order valence-electron chi connectivity index (χ1n) is 11.0. The van der Waals surface area contributed by atoms with Crippen LogP contribution in [0.3, 0.4) is 0 Å². The van der Waals surface area contributed by atoms with Crippen LogP contribution in [-0.2, 0) is 12.8 Å². The van der Waals surface area contributed by atoms with E-state index in [2.05, 4.69) is 20.5 Å². The van der Waals surface area contributed by atoms with Gasteiger partial charge in [0.1, 0.15) is 23.0 Å². The summed E-state index contributed by atoms with van der Waals surface area (Å²) < 4.78 is 31.1. The molecular weight excluding hydrogens is 444 g/mol. The lowest BCUT2D eigenvalue weighted by atomic mass is 9.97. The van der Waals surface area contributed by atoms with Gasteiger partial charge in [-0.1, -0.05) is 30.3 Å². The third-order valence-corrected chi connectivity index (χ3v) is 7.87. The standard InChI is InChI=1S/C23H19F2N7S/c24-19(25)16-9-15(12-5-2-1-3-6-12)28-21-14(10-27-32(16)21)20-29-22-18-13-7-4-8-17(13)33-23(18)26-11-31(22)30-20/h1-3,5-6,10-11,15-16,19,28H,4,7-9H2/t15-,16-/m0/s1. The van der Waals surface area contributed by atoms with Crippen LogP contribution in [0.1, 0.15) is 40.9 Å². The van der Waals surface area contributed by atoms with Gasteiger partial charge in [-0.3, -0.25) is 0 Å². The van der Waals surface area contributed by atoms with E-state index < -0.39 is 12.5 Å². The molecule has 166 valence electrons. The highest BCUT2D eigenvalue weighted by atomic mass is 32.1. The minimum atomic E-state index is -2.53. The fourth-order valence-corrected chi connectivity index (χ4v) is 6.33. The van der Waals surface area contributed by atoms with Gasteiger partial charge in [-0.2, -0.15) is 5.10 Å². The fraction of sp³-hybridized carbons (Fsp3) is 0.304. The number of alkyl halides is 2. The first-order chi connectivity index (χ1) is 16.2. The van der Waals surface area contributed by atoms with Crippen LogP contribution in [0.15, 0.2) is 42.9 Å². The Bertz CT molecular complexity index is 1500. The highest BCUT2D eigenvalue weighted by molar-refractivity contribution is 7.19. The molecule has 2 atom stereocenters.